The average molecular weight is 374 g/mol. The molecule has 144 valence electrons. The van der Waals surface area contributed by atoms with Crippen molar-refractivity contribution in [2.24, 2.45) is 5.92 Å². The normalized spacial score (nSPS) is 14.9. The molecule has 0 unspecified atom stereocenters. The van der Waals surface area contributed by atoms with Crippen molar-refractivity contribution < 1.29 is 4.79 Å². The third-order valence-corrected chi connectivity index (χ3v) is 5.62. The minimum atomic E-state index is 0.269. The van der Waals surface area contributed by atoms with Gasteiger partial charge in [-0.1, -0.05) is 48.5 Å². The molecule has 1 aliphatic rings. The summed E-state index contributed by atoms with van der Waals surface area (Å²) in [6.45, 7) is 1.78. The van der Waals surface area contributed by atoms with Gasteiger partial charge in [-0.3, -0.25) is 4.79 Å². The van der Waals surface area contributed by atoms with Crippen LogP contribution in [0.15, 0.2) is 73.1 Å². The first kappa shape index (κ1) is 18.5. The Balaban J connectivity index is 1.23. The van der Waals surface area contributed by atoms with E-state index in [0.29, 0.717) is 12.3 Å². The van der Waals surface area contributed by atoms with Crippen LogP contribution in [-0.2, 0) is 17.6 Å². The summed E-state index contributed by atoms with van der Waals surface area (Å²) in [5, 5.41) is 4.42. The van der Waals surface area contributed by atoms with Crippen LogP contribution in [0.2, 0.25) is 0 Å². The highest BCUT2D eigenvalue weighted by molar-refractivity contribution is 5.76. The molecule has 1 fully saturated rings. The molecule has 4 heteroatoms. The van der Waals surface area contributed by atoms with E-state index in [1.165, 1.54) is 5.56 Å². The fraction of sp³-hybridized carbons (Fsp3) is 0.333. The molecule has 1 amide bonds. The van der Waals surface area contributed by atoms with Crippen molar-refractivity contribution in [3.63, 3.8) is 0 Å². The Bertz CT molecular complexity index is 880. The molecule has 1 saturated heterocycles. The molecule has 0 radical (unpaired) electrons. The number of aryl methyl sites for hydroxylation is 1. The summed E-state index contributed by atoms with van der Waals surface area (Å²) < 4.78 is 1.87. The predicted octanol–water partition coefficient (Wildman–Crippen LogP) is 4.29. The van der Waals surface area contributed by atoms with Crippen LogP contribution in [0, 0.1) is 5.92 Å². The Morgan fingerprint density at radius 1 is 0.929 bits per heavy atom. The molecule has 4 rings (SSSR count). The fourth-order valence-electron chi connectivity index (χ4n) is 3.95. The zero-order valence-corrected chi connectivity index (χ0v) is 16.2. The molecule has 0 bridgehead atoms. The van der Waals surface area contributed by atoms with Crippen molar-refractivity contribution in [3.05, 3.63) is 84.2 Å². The number of amides is 1. The number of piperidine rings is 1. The fourth-order valence-corrected chi connectivity index (χ4v) is 3.95. The van der Waals surface area contributed by atoms with Crippen LogP contribution >= 0.6 is 0 Å². The second-order valence-corrected chi connectivity index (χ2v) is 7.64. The monoisotopic (exact) mass is 373 g/mol. The van der Waals surface area contributed by atoms with Crippen molar-refractivity contribution in [1.82, 2.24) is 14.7 Å². The lowest BCUT2D eigenvalue weighted by molar-refractivity contribution is -0.132. The van der Waals surface area contributed by atoms with Gasteiger partial charge in [-0.15, -0.1) is 0 Å². The lowest BCUT2D eigenvalue weighted by Crippen LogP contribution is -2.39. The van der Waals surface area contributed by atoms with Crippen LogP contribution in [0.1, 0.15) is 30.4 Å². The van der Waals surface area contributed by atoms with Gasteiger partial charge in [-0.05, 0) is 54.9 Å². The summed E-state index contributed by atoms with van der Waals surface area (Å²) in [4.78, 5) is 14.7. The van der Waals surface area contributed by atoms with E-state index in [0.717, 1.165) is 50.0 Å². The third-order valence-electron chi connectivity index (χ3n) is 5.62. The summed E-state index contributed by atoms with van der Waals surface area (Å²) in [6, 6.07) is 20.7. The Labute approximate surface area is 166 Å². The summed E-state index contributed by atoms with van der Waals surface area (Å²) >= 11 is 0. The quantitative estimate of drug-likeness (QED) is 0.647. The highest BCUT2D eigenvalue weighted by Crippen LogP contribution is 2.22. The summed E-state index contributed by atoms with van der Waals surface area (Å²) in [6.07, 6.45) is 8.53. The predicted molar refractivity (Wildman–Crippen MR) is 111 cm³/mol. The summed E-state index contributed by atoms with van der Waals surface area (Å²) in [5.74, 6) is 0.959. The van der Waals surface area contributed by atoms with Crippen LogP contribution in [0.3, 0.4) is 0 Å². The van der Waals surface area contributed by atoms with Gasteiger partial charge >= 0.3 is 0 Å². The van der Waals surface area contributed by atoms with Crippen molar-refractivity contribution in [2.75, 3.05) is 13.1 Å². The largest absolute Gasteiger partial charge is 0.343 e. The number of likely N-dealkylation sites (tertiary alicyclic amines) is 1. The number of carbonyl (C=O) groups is 1. The molecular formula is C24H27N3O. The number of carbonyl (C=O) groups excluding carboxylic acids is 1. The van der Waals surface area contributed by atoms with Gasteiger partial charge in [0.25, 0.3) is 0 Å². The lowest BCUT2D eigenvalue weighted by atomic mass is 9.90. The van der Waals surface area contributed by atoms with Crippen LogP contribution < -0.4 is 0 Å². The molecule has 2 heterocycles. The zero-order chi connectivity index (χ0) is 19.2. The molecule has 0 spiro atoms. The van der Waals surface area contributed by atoms with E-state index >= 15 is 0 Å². The van der Waals surface area contributed by atoms with E-state index in [1.54, 1.807) is 0 Å². The van der Waals surface area contributed by atoms with Crippen LogP contribution in [0.5, 0.6) is 0 Å². The smallest absolute Gasteiger partial charge is 0.222 e. The Morgan fingerprint density at radius 3 is 2.32 bits per heavy atom. The highest BCUT2D eigenvalue weighted by Gasteiger charge is 2.22. The van der Waals surface area contributed by atoms with Crippen LogP contribution in [0.25, 0.3) is 5.69 Å². The van der Waals surface area contributed by atoms with Crippen molar-refractivity contribution in [3.8, 4) is 5.69 Å². The van der Waals surface area contributed by atoms with Gasteiger partial charge in [0.15, 0.2) is 0 Å². The van der Waals surface area contributed by atoms with Crippen molar-refractivity contribution in [2.45, 2.75) is 32.1 Å². The second kappa shape index (κ2) is 8.87. The average Bonchev–Trinajstić information content (AvgIpc) is 3.23. The molecule has 2 aromatic carbocycles. The van der Waals surface area contributed by atoms with Gasteiger partial charge in [0, 0.05) is 25.7 Å². The number of hydrogen-bond acceptors (Lipinski definition) is 2. The first-order chi connectivity index (χ1) is 13.8. The number of para-hydroxylation sites is 1. The van der Waals surface area contributed by atoms with Crippen molar-refractivity contribution >= 4 is 5.91 Å². The first-order valence-electron chi connectivity index (χ1n) is 10.2. The van der Waals surface area contributed by atoms with E-state index in [4.69, 9.17) is 0 Å². The topological polar surface area (TPSA) is 38.1 Å². The molecule has 4 nitrogen and oxygen atoms in total. The molecule has 0 saturated carbocycles. The van der Waals surface area contributed by atoms with Crippen molar-refractivity contribution in [1.29, 1.82) is 0 Å². The molecule has 1 aliphatic heterocycles. The Morgan fingerprint density at radius 2 is 1.61 bits per heavy atom. The Kier molecular flexibility index (Phi) is 5.86. The number of hydrogen-bond donors (Lipinski definition) is 0. The molecular weight excluding hydrogens is 346 g/mol. The van der Waals surface area contributed by atoms with E-state index < -0.39 is 0 Å². The summed E-state index contributed by atoms with van der Waals surface area (Å²) in [5.41, 5.74) is 3.56. The lowest BCUT2D eigenvalue weighted by Gasteiger charge is -2.32. The molecule has 0 N–H and O–H groups in total. The zero-order valence-electron chi connectivity index (χ0n) is 16.2. The van der Waals surface area contributed by atoms with E-state index in [2.05, 4.69) is 35.4 Å². The van der Waals surface area contributed by atoms with Gasteiger partial charge < -0.3 is 4.90 Å². The SMILES string of the molecule is O=C(CCc1cnn(-c2ccccc2)c1)N1CCC(Cc2ccccc2)CC1. The van der Waals surface area contributed by atoms with E-state index in [-0.39, 0.29) is 5.91 Å². The third kappa shape index (κ3) is 4.69. The van der Waals surface area contributed by atoms with Crippen LogP contribution in [-0.4, -0.2) is 33.7 Å². The second-order valence-electron chi connectivity index (χ2n) is 7.64. The van der Waals surface area contributed by atoms with Gasteiger partial charge in [0.2, 0.25) is 5.91 Å². The maximum absolute atomic E-state index is 12.6. The molecule has 0 aliphatic carbocycles. The van der Waals surface area contributed by atoms with Gasteiger partial charge in [0.1, 0.15) is 0 Å². The van der Waals surface area contributed by atoms with Gasteiger partial charge in [-0.2, -0.15) is 5.10 Å². The minimum Gasteiger partial charge on any atom is -0.343 e. The van der Waals surface area contributed by atoms with E-state index in [9.17, 15) is 4.79 Å². The number of benzene rings is 2. The maximum atomic E-state index is 12.6. The first-order valence-corrected chi connectivity index (χ1v) is 10.2. The maximum Gasteiger partial charge on any atom is 0.222 e. The van der Waals surface area contributed by atoms with Crippen LogP contribution in [0.4, 0.5) is 0 Å². The summed E-state index contributed by atoms with van der Waals surface area (Å²) in [7, 11) is 0. The molecule has 1 aromatic heterocycles. The standard InChI is InChI=1S/C24H27N3O/c28-24(12-11-22-18-25-27(19-22)23-9-5-2-6-10-23)26-15-13-21(14-16-26)17-20-7-3-1-4-8-20/h1-10,18-19,21H,11-17H2. The van der Waals surface area contributed by atoms with Gasteiger partial charge in [-0.25, -0.2) is 4.68 Å². The number of aromatic nitrogens is 2. The van der Waals surface area contributed by atoms with E-state index in [1.807, 2.05) is 52.3 Å². The highest BCUT2D eigenvalue weighted by atomic mass is 16.2. The number of nitrogens with zero attached hydrogens (tertiary/aromatic N) is 3. The molecule has 28 heavy (non-hydrogen) atoms. The molecule has 3 aromatic rings. The molecule has 0 atom stereocenters. The Hall–Kier alpha value is -2.88. The minimum absolute atomic E-state index is 0.269. The van der Waals surface area contributed by atoms with Gasteiger partial charge in [0.05, 0.1) is 11.9 Å². The number of rotatable bonds is 6.